The Morgan fingerprint density at radius 3 is 2.09 bits per heavy atom. The zero-order valence-corrected chi connectivity index (χ0v) is 20.1. The van der Waals surface area contributed by atoms with Gasteiger partial charge in [0.05, 0.1) is 5.92 Å². The number of hydrogen-bond acceptors (Lipinski definition) is 5. The lowest BCUT2D eigenvalue weighted by Crippen LogP contribution is -2.60. The first-order chi connectivity index (χ1) is 15.6. The maximum absolute atomic E-state index is 13.8. The van der Waals surface area contributed by atoms with Gasteiger partial charge < -0.3 is 15.3 Å². The summed E-state index contributed by atoms with van der Waals surface area (Å²) in [5, 5.41) is 22.1. The van der Waals surface area contributed by atoms with Crippen molar-refractivity contribution in [3.05, 3.63) is 35.9 Å². The Bertz CT molecular complexity index is 799. The lowest BCUT2D eigenvalue weighted by molar-refractivity contribution is -0.159. The van der Waals surface area contributed by atoms with Crippen LogP contribution in [0.25, 0.3) is 0 Å². The van der Waals surface area contributed by atoms with Crippen molar-refractivity contribution < 1.29 is 29.5 Å². The number of aliphatic carboxylic acids is 1. The maximum atomic E-state index is 13.8. The first-order valence-electron chi connectivity index (χ1n) is 11.4. The van der Waals surface area contributed by atoms with Crippen LogP contribution in [-0.4, -0.2) is 57.5 Å². The smallest absolute Gasteiger partial charge is 0.327 e. The van der Waals surface area contributed by atoms with Gasteiger partial charge in [0.1, 0.15) is 12.1 Å². The molecule has 0 unspecified atom stereocenters. The molecule has 33 heavy (non-hydrogen) atoms. The third kappa shape index (κ3) is 7.85. The number of hydrogen-bond donors (Lipinski definition) is 4. The maximum Gasteiger partial charge on any atom is 0.327 e. The summed E-state index contributed by atoms with van der Waals surface area (Å²) in [6.45, 7) is 8.69. The highest BCUT2D eigenvalue weighted by Gasteiger charge is 2.44. The molecule has 0 saturated carbocycles. The molecule has 0 bridgehead atoms. The predicted molar refractivity (Wildman–Crippen MR) is 123 cm³/mol. The van der Waals surface area contributed by atoms with Crippen LogP contribution in [0.15, 0.2) is 30.3 Å². The molecule has 4 atom stereocenters. The van der Waals surface area contributed by atoms with Crippen LogP contribution in [0.2, 0.25) is 0 Å². The van der Waals surface area contributed by atoms with E-state index < -0.39 is 41.7 Å². The number of amides is 3. The normalized spacial score (nSPS) is 14.6. The Morgan fingerprint density at radius 2 is 1.64 bits per heavy atom. The van der Waals surface area contributed by atoms with E-state index in [0.29, 0.717) is 12.8 Å². The molecule has 0 radical (unpaired) electrons. The Labute approximate surface area is 195 Å². The Morgan fingerprint density at radius 1 is 1.03 bits per heavy atom. The van der Waals surface area contributed by atoms with E-state index in [4.69, 9.17) is 0 Å². The number of hydroxylamine groups is 1. The summed E-state index contributed by atoms with van der Waals surface area (Å²) in [4.78, 5) is 51.9. The van der Waals surface area contributed by atoms with Crippen molar-refractivity contribution in [3.8, 4) is 0 Å². The molecule has 0 spiro atoms. The van der Waals surface area contributed by atoms with Gasteiger partial charge in [0, 0.05) is 13.0 Å². The third-order valence-electron chi connectivity index (χ3n) is 5.94. The number of carboxylic acid groups (broad SMARTS) is 1. The van der Waals surface area contributed by atoms with E-state index >= 15 is 0 Å². The molecule has 4 N–H and O–H groups in total. The first-order valence-corrected chi connectivity index (χ1v) is 11.4. The summed E-state index contributed by atoms with van der Waals surface area (Å²) in [5.41, 5.74) is 2.44. The third-order valence-corrected chi connectivity index (χ3v) is 5.94. The molecule has 184 valence electrons. The molecule has 0 fully saturated rings. The number of carbonyl (C=O) groups is 4. The lowest BCUT2D eigenvalue weighted by Gasteiger charge is -2.38. The number of nitrogens with one attached hydrogen (secondary N) is 2. The number of carbonyl (C=O) groups excluding carboxylic acids is 3. The summed E-state index contributed by atoms with van der Waals surface area (Å²) in [6, 6.07) is 6.80. The van der Waals surface area contributed by atoms with Gasteiger partial charge in [0.2, 0.25) is 17.7 Å². The van der Waals surface area contributed by atoms with Gasteiger partial charge in [-0.1, -0.05) is 71.4 Å². The van der Waals surface area contributed by atoms with Crippen LogP contribution in [0, 0.1) is 17.8 Å². The van der Waals surface area contributed by atoms with Crippen LogP contribution < -0.4 is 10.8 Å². The van der Waals surface area contributed by atoms with Crippen LogP contribution in [0.5, 0.6) is 0 Å². The Kier molecular flexibility index (Phi) is 11.6. The van der Waals surface area contributed by atoms with Gasteiger partial charge in [-0.25, -0.2) is 10.3 Å². The van der Waals surface area contributed by atoms with E-state index in [1.807, 2.05) is 44.2 Å². The zero-order chi connectivity index (χ0) is 25.1. The van der Waals surface area contributed by atoms with E-state index in [1.54, 1.807) is 26.3 Å². The van der Waals surface area contributed by atoms with Gasteiger partial charge in [-0.15, -0.1) is 0 Å². The number of carboxylic acids is 1. The standard InChI is InChI=1S/C24H37N3O6/c1-6-16(5)20(25-18(28)7-2)23(30)27(14-13-17-11-9-8-10-12-17)21(24(31)32)19(15(3)4)22(29)26-33/h8-12,15-16,19-21,33H,6-7,13-14H2,1-5H3,(H,25,28)(H,26,29)(H,31,32)/t16-,19+,20-,21-/m0/s1. The van der Waals surface area contributed by atoms with Gasteiger partial charge in [0.15, 0.2) is 0 Å². The van der Waals surface area contributed by atoms with E-state index in [-0.39, 0.29) is 24.8 Å². The van der Waals surface area contributed by atoms with Crippen LogP contribution in [-0.2, 0) is 25.6 Å². The molecule has 3 amide bonds. The molecule has 9 heteroatoms. The van der Waals surface area contributed by atoms with Crippen LogP contribution in [0.3, 0.4) is 0 Å². The average molecular weight is 464 g/mol. The minimum absolute atomic E-state index is 0.0245. The van der Waals surface area contributed by atoms with Crippen molar-refractivity contribution >= 4 is 23.7 Å². The fourth-order valence-electron chi connectivity index (χ4n) is 3.78. The number of nitrogens with zero attached hydrogens (tertiary/aromatic N) is 1. The zero-order valence-electron chi connectivity index (χ0n) is 20.1. The highest BCUT2D eigenvalue weighted by Crippen LogP contribution is 2.24. The molecule has 0 aliphatic carbocycles. The SMILES string of the molecule is CCC(=O)N[C@H](C(=O)N(CCc1ccccc1)[C@H](C(=O)O)[C@H](C(=O)NO)C(C)C)[C@@H](C)CC. The summed E-state index contributed by atoms with van der Waals surface area (Å²) >= 11 is 0. The van der Waals surface area contributed by atoms with E-state index in [9.17, 15) is 29.5 Å². The fraction of sp³-hybridized carbons (Fsp3) is 0.583. The topological polar surface area (TPSA) is 136 Å². The molecular formula is C24H37N3O6. The summed E-state index contributed by atoms with van der Waals surface area (Å²) in [5.74, 6) is -5.07. The highest BCUT2D eigenvalue weighted by atomic mass is 16.5. The summed E-state index contributed by atoms with van der Waals surface area (Å²) in [6.07, 6.45) is 1.11. The molecule has 1 rings (SSSR count). The monoisotopic (exact) mass is 463 g/mol. The molecule has 0 aromatic heterocycles. The van der Waals surface area contributed by atoms with E-state index in [1.165, 1.54) is 4.90 Å². The molecule has 1 aromatic carbocycles. The van der Waals surface area contributed by atoms with E-state index in [0.717, 1.165) is 5.56 Å². The Balaban J connectivity index is 3.50. The second-order valence-electron chi connectivity index (χ2n) is 8.58. The molecule has 1 aromatic rings. The summed E-state index contributed by atoms with van der Waals surface area (Å²) < 4.78 is 0. The van der Waals surface area contributed by atoms with E-state index in [2.05, 4.69) is 5.32 Å². The minimum atomic E-state index is -1.53. The van der Waals surface area contributed by atoms with Crippen molar-refractivity contribution in [1.29, 1.82) is 0 Å². The highest BCUT2D eigenvalue weighted by molar-refractivity contribution is 5.93. The second-order valence-corrected chi connectivity index (χ2v) is 8.58. The predicted octanol–water partition coefficient (Wildman–Crippen LogP) is 2.23. The number of benzene rings is 1. The largest absolute Gasteiger partial charge is 0.480 e. The van der Waals surface area contributed by atoms with Crippen molar-refractivity contribution in [2.45, 2.75) is 66.0 Å². The van der Waals surface area contributed by atoms with Gasteiger partial charge in [-0.05, 0) is 23.8 Å². The minimum Gasteiger partial charge on any atom is -0.480 e. The first kappa shape index (κ1) is 28.1. The van der Waals surface area contributed by atoms with Gasteiger partial charge in [-0.2, -0.15) is 0 Å². The quantitative estimate of drug-likeness (QED) is 0.262. The van der Waals surface area contributed by atoms with Crippen molar-refractivity contribution in [2.24, 2.45) is 17.8 Å². The Hall–Kier alpha value is -2.94. The van der Waals surface area contributed by atoms with Gasteiger partial charge >= 0.3 is 5.97 Å². The molecular weight excluding hydrogens is 426 g/mol. The lowest BCUT2D eigenvalue weighted by atomic mass is 9.85. The molecule has 0 aliphatic rings. The van der Waals surface area contributed by atoms with Crippen LogP contribution in [0.4, 0.5) is 0 Å². The second kappa shape index (κ2) is 13.6. The summed E-state index contributed by atoms with van der Waals surface area (Å²) in [7, 11) is 0. The van der Waals surface area contributed by atoms with Gasteiger partial charge in [0.25, 0.3) is 0 Å². The molecule has 0 saturated heterocycles. The molecule has 9 nitrogen and oxygen atoms in total. The molecule has 0 heterocycles. The molecule has 0 aliphatic heterocycles. The van der Waals surface area contributed by atoms with Crippen molar-refractivity contribution in [2.75, 3.05) is 6.54 Å². The van der Waals surface area contributed by atoms with Crippen molar-refractivity contribution in [3.63, 3.8) is 0 Å². The van der Waals surface area contributed by atoms with Crippen molar-refractivity contribution in [1.82, 2.24) is 15.7 Å². The average Bonchev–Trinajstić information content (AvgIpc) is 2.80. The van der Waals surface area contributed by atoms with Crippen LogP contribution in [0.1, 0.15) is 53.0 Å². The van der Waals surface area contributed by atoms with Crippen LogP contribution >= 0.6 is 0 Å². The fourth-order valence-corrected chi connectivity index (χ4v) is 3.78. The number of rotatable bonds is 13. The van der Waals surface area contributed by atoms with Gasteiger partial charge in [-0.3, -0.25) is 19.6 Å².